The molecule has 0 fully saturated rings. The summed E-state index contributed by atoms with van der Waals surface area (Å²) in [6.45, 7) is 7.08. The number of hydrogen-bond acceptors (Lipinski definition) is 4. The van der Waals surface area contributed by atoms with Crippen molar-refractivity contribution in [1.29, 1.82) is 0 Å². The van der Waals surface area contributed by atoms with E-state index >= 15 is 0 Å². The van der Waals surface area contributed by atoms with Gasteiger partial charge in [0.05, 0.1) is 16.6 Å². The number of rotatable bonds is 4. The van der Waals surface area contributed by atoms with Gasteiger partial charge >= 0.3 is 5.97 Å². The highest BCUT2D eigenvalue weighted by molar-refractivity contribution is 6.15. The van der Waals surface area contributed by atoms with Crippen molar-refractivity contribution in [2.75, 3.05) is 0 Å². The van der Waals surface area contributed by atoms with Crippen LogP contribution in [0.25, 0.3) is 5.57 Å². The van der Waals surface area contributed by atoms with Crippen LogP contribution in [0.3, 0.4) is 0 Å². The third-order valence-corrected chi connectivity index (χ3v) is 2.02. The van der Waals surface area contributed by atoms with Gasteiger partial charge in [-0.3, -0.25) is 10.1 Å². The van der Waals surface area contributed by atoms with E-state index in [1.807, 2.05) is 0 Å². The maximum atomic E-state index is 11.5. The maximum Gasteiger partial charge on any atom is 0.338 e. The minimum atomic E-state index is -0.520. The van der Waals surface area contributed by atoms with Crippen molar-refractivity contribution < 1.29 is 14.5 Å². The Morgan fingerprint density at radius 3 is 2.29 bits per heavy atom. The lowest BCUT2D eigenvalue weighted by Crippen LogP contribution is -2.12. The average molecular weight is 235 g/mol. The highest BCUT2D eigenvalue weighted by Crippen LogP contribution is 2.18. The molecule has 0 aliphatic carbocycles. The molecular weight excluding hydrogens is 222 g/mol. The summed E-state index contributed by atoms with van der Waals surface area (Å²) >= 11 is 0. The summed E-state index contributed by atoms with van der Waals surface area (Å²) in [5.74, 6) is -0.520. The summed E-state index contributed by atoms with van der Waals surface area (Å²) in [6.07, 6.45) is -0.225. The second-order valence-electron chi connectivity index (χ2n) is 3.74. The van der Waals surface area contributed by atoms with Crippen molar-refractivity contribution in [3.63, 3.8) is 0 Å². The van der Waals surface area contributed by atoms with Crippen molar-refractivity contribution in [3.8, 4) is 0 Å². The van der Waals surface area contributed by atoms with Gasteiger partial charge in [-0.05, 0) is 31.5 Å². The number of carbonyl (C=O) groups is 1. The fraction of sp³-hybridized carbons (Fsp3) is 0.250. The van der Waals surface area contributed by atoms with Gasteiger partial charge in [0.25, 0.3) is 5.69 Å². The predicted molar refractivity (Wildman–Crippen MR) is 63.4 cm³/mol. The number of carbonyl (C=O) groups excluding carboxylic acids is 1. The first-order chi connectivity index (χ1) is 7.91. The van der Waals surface area contributed by atoms with Crippen LogP contribution < -0.4 is 0 Å². The van der Waals surface area contributed by atoms with Gasteiger partial charge in [-0.25, -0.2) is 4.79 Å². The van der Waals surface area contributed by atoms with Crippen LogP contribution in [-0.4, -0.2) is 17.0 Å². The number of nitro benzene ring substituents is 1. The van der Waals surface area contributed by atoms with Crippen LogP contribution in [0.1, 0.15) is 19.4 Å². The molecule has 1 aromatic rings. The van der Waals surface area contributed by atoms with Crippen LogP contribution in [-0.2, 0) is 9.53 Å². The van der Waals surface area contributed by atoms with Gasteiger partial charge in [0.2, 0.25) is 0 Å². The monoisotopic (exact) mass is 235 g/mol. The summed E-state index contributed by atoms with van der Waals surface area (Å²) in [5, 5.41) is 10.5. The molecule has 1 aromatic carbocycles. The zero-order valence-electron chi connectivity index (χ0n) is 9.67. The molecule has 0 radical (unpaired) electrons. The topological polar surface area (TPSA) is 69.4 Å². The Balaban J connectivity index is 2.83. The van der Waals surface area contributed by atoms with E-state index in [-0.39, 0.29) is 17.4 Å². The summed E-state index contributed by atoms with van der Waals surface area (Å²) in [7, 11) is 0. The Morgan fingerprint density at radius 2 is 1.88 bits per heavy atom. The molecule has 0 spiro atoms. The minimum absolute atomic E-state index is 0.0289. The largest absolute Gasteiger partial charge is 0.459 e. The smallest absolute Gasteiger partial charge is 0.338 e. The van der Waals surface area contributed by atoms with E-state index in [1.165, 1.54) is 24.3 Å². The molecule has 90 valence electrons. The molecule has 0 N–H and O–H groups in total. The first kappa shape index (κ1) is 12.9. The van der Waals surface area contributed by atoms with Crippen LogP contribution in [0.2, 0.25) is 0 Å². The zero-order valence-corrected chi connectivity index (χ0v) is 9.67. The number of hydrogen-bond donors (Lipinski definition) is 0. The average Bonchev–Trinajstić information content (AvgIpc) is 2.27. The maximum absolute atomic E-state index is 11.5. The Kier molecular flexibility index (Phi) is 3.98. The molecule has 0 aliphatic heterocycles. The molecule has 5 nitrogen and oxygen atoms in total. The van der Waals surface area contributed by atoms with Crippen LogP contribution in [0.5, 0.6) is 0 Å². The number of non-ortho nitro benzene ring substituents is 1. The molecule has 0 amide bonds. The van der Waals surface area contributed by atoms with E-state index in [2.05, 4.69) is 6.58 Å². The fourth-order valence-electron chi connectivity index (χ4n) is 1.19. The number of ether oxygens (including phenoxy) is 1. The molecule has 0 atom stereocenters. The normalized spacial score (nSPS) is 10.1. The van der Waals surface area contributed by atoms with Crippen LogP contribution in [0, 0.1) is 10.1 Å². The Labute approximate surface area is 98.9 Å². The summed E-state index contributed by atoms with van der Waals surface area (Å²) in [4.78, 5) is 21.5. The van der Waals surface area contributed by atoms with E-state index in [0.717, 1.165) is 0 Å². The van der Waals surface area contributed by atoms with Crippen LogP contribution >= 0.6 is 0 Å². The van der Waals surface area contributed by atoms with Gasteiger partial charge in [0, 0.05) is 12.1 Å². The van der Waals surface area contributed by atoms with Gasteiger partial charge in [-0.1, -0.05) is 6.58 Å². The molecule has 0 aliphatic rings. The fourth-order valence-corrected chi connectivity index (χ4v) is 1.19. The summed E-state index contributed by atoms with van der Waals surface area (Å²) in [6, 6.07) is 5.59. The van der Waals surface area contributed by atoms with Crippen molar-refractivity contribution in [2.45, 2.75) is 20.0 Å². The number of nitro groups is 1. The molecule has 0 unspecified atom stereocenters. The minimum Gasteiger partial charge on any atom is -0.459 e. The van der Waals surface area contributed by atoms with Gasteiger partial charge in [0.1, 0.15) is 0 Å². The van der Waals surface area contributed by atoms with Crippen molar-refractivity contribution in [3.05, 3.63) is 46.5 Å². The molecule has 0 heterocycles. The summed E-state index contributed by atoms with van der Waals surface area (Å²) in [5.41, 5.74) is 0.675. The first-order valence-corrected chi connectivity index (χ1v) is 5.06. The highest BCUT2D eigenvalue weighted by Gasteiger charge is 2.13. The van der Waals surface area contributed by atoms with Gasteiger partial charge in [-0.2, -0.15) is 0 Å². The number of nitrogens with zero attached hydrogens (tertiary/aromatic N) is 1. The Bertz CT molecular complexity index is 448. The van der Waals surface area contributed by atoms with Gasteiger partial charge < -0.3 is 4.74 Å². The van der Waals surface area contributed by atoms with Gasteiger partial charge in [0.15, 0.2) is 0 Å². The van der Waals surface area contributed by atoms with E-state index in [0.29, 0.717) is 5.56 Å². The molecule has 1 rings (SSSR count). The molecule has 0 saturated carbocycles. The molecule has 5 heteroatoms. The van der Waals surface area contributed by atoms with Gasteiger partial charge in [-0.15, -0.1) is 0 Å². The SMILES string of the molecule is C=C(C(=O)OC(C)C)c1ccc([N+](=O)[O-])cc1. The molecule has 17 heavy (non-hydrogen) atoms. The molecule has 0 saturated heterocycles. The molecule has 0 bridgehead atoms. The Morgan fingerprint density at radius 1 is 1.35 bits per heavy atom. The molecular formula is C12H13NO4. The highest BCUT2D eigenvalue weighted by atomic mass is 16.6. The van der Waals surface area contributed by atoms with Crippen molar-refractivity contribution >= 4 is 17.2 Å². The van der Waals surface area contributed by atoms with Crippen LogP contribution in [0.4, 0.5) is 5.69 Å². The lowest BCUT2D eigenvalue weighted by atomic mass is 10.1. The third-order valence-electron chi connectivity index (χ3n) is 2.02. The Hall–Kier alpha value is -2.17. The number of benzene rings is 1. The van der Waals surface area contributed by atoms with Crippen molar-refractivity contribution in [1.82, 2.24) is 0 Å². The second-order valence-corrected chi connectivity index (χ2v) is 3.74. The lowest BCUT2D eigenvalue weighted by molar-refractivity contribution is -0.384. The van der Waals surface area contributed by atoms with Crippen molar-refractivity contribution in [2.24, 2.45) is 0 Å². The second kappa shape index (κ2) is 5.25. The van der Waals surface area contributed by atoms with E-state index in [4.69, 9.17) is 4.74 Å². The molecule has 0 aromatic heterocycles. The van der Waals surface area contributed by atoms with E-state index in [1.54, 1.807) is 13.8 Å². The third kappa shape index (κ3) is 3.41. The standard InChI is InChI=1S/C12H13NO4/c1-8(2)17-12(14)9(3)10-4-6-11(7-5-10)13(15)16/h4-8H,3H2,1-2H3. The summed E-state index contributed by atoms with van der Waals surface area (Å²) < 4.78 is 4.97. The van der Waals surface area contributed by atoms with Crippen LogP contribution in [0.15, 0.2) is 30.8 Å². The van der Waals surface area contributed by atoms with E-state index in [9.17, 15) is 14.9 Å². The van der Waals surface area contributed by atoms with E-state index < -0.39 is 10.9 Å². The first-order valence-electron chi connectivity index (χ1n) is 5.06. The quantitative estimate of drug-likeness (QED) is 0.348. The zero-order chi connectivity index (χ0) is 13.0. The lowest BCUT2D eigenvalue weighted by Gasteiger charge is -2.09. The predicted octanol–water partition coefficient (Wildman–Crippen LogP) is 2.56. The number of esters is 1.